The molecule has 2 aromatic carbocycles. The molecule has 136 valence electrons. The minimum absolute atomic E-state index is 0.279. The van der Waals surface area contributed by atoms with Gasteiger partial charge >= 0.3 is 0 Å². The molecule has 1 heterocycles. The Balaban J connectivity index is 1.57. The molecular weight excluding hydrogens is 340 g/mol. The molecule has 0 bridgehead atoms. The largest absolute Gasteiger partial charge is 0.489 e. The van der Waals surface area contributed by atoms with Gasteiger partial charge in [0.2, 0.25) is 0 Å². The second-order valence-corrected chi connectivity index (χ2v) is 5.71. The van der Waals surface area contributed by atoms with Crippen molar-refractivity contribution < 1.29 is 9.53 Å². The topological polar surface area (TPSA) is 76.1 Å². The third-order valence-electron chi connectivity index (χ3n) is 3.69. The quantitative estimate of drug-likeness (QED) is 0.596. The van der Waals surface area contributed by atoms with E-state index in [1.807, 2.05) is 42.5 Å². The third-order valence-corrected chi connectivity index (χ3v) is 3.69. The maximum Gasteiger partial charge on any atom is 0.274 e. The van der Waals surface area contributed by atoms with Crippen molar-refractivity contribution in [2.45, 2.75) is 6.61 Å². The van der Waals surface area contributed by atoms with Crippen LogP contribution < -0.4 is 15.4 Å². The zero-order chi connectivity index (χ0) is 18.9. The molecule has 0 spiro atoms. The molecule has 2 N–H and O–H groups in total. The highest BCUT2D eigenvalue weighted by Crippen LogP contribution is 2.18. The van der Waals surface area contributed by atoms with Crippen molar-refractivity contribution in [3.05, 3.63) is 90.9 Å². The highest BCUT2D eigenvalue weighted by Gasteiger charge is 2.09. The van der Waals surface area contributed by atoms with Crippen LogP contribution in [0.4, 0.5) is 11.5 Å². The summed E-state index contributed by atoms with van der Waals surface area (Å²) < 4.78 is 5.74. The number of rotatable bonds is 8. The van der Waals surface area contributed by atoms with Crippen molar-refractivity contribution >= 4 is 17.4 Å². The summed E-state index contributed by atoms with van der Waals surface area (Å²) in [5.41, 5.74) is 2.03. The van der Waals surface area contributed by atoms with E-state index in [4.69, 9.17) is 4.74 Å². The van der Waals surface area contributed by atoms with Crippen LogP contribution in [0.15, 0.2) is 79.6 Å². The van der Waals surface area contributed by atoms with Crippen LogP contribution >= 0.6 is 0 Å². The lowest BCUT2D eigenvalue weighted by Gasteiger charge is -2.09. The van der Waals surface area contributed by atoms with Gasteiger partial charge in [-0.1, -0.05) is 36.4 Å². The molecule has 0 aliphatic carbocycles. The number of carbonyl (C=O) groups excluding carboxylic acids is 1. The number of ether oxygens (including phenoxy) is 1. The minimum Gasteiger partial charge on any atom is -0.489 e. The fourth-order valence-corrected chi connectivity index (χ4v) is 2.33. The van der Waals surface area contributed by atoms with E-state index in [-0.39, 0.29) is 11.6 Å². The molecule has 0 radical (unpaired) electrons. The van der Waals surface area contributed by atoms with E-state index >= 15 is 0 Å². The first-order valence-electron chi connectivity index (χ1n) is 8.49. The van der Waals surface area contributed by atoms with E-state index in [0.29, 0.717) is 24.7 Å². The van der Waals surface area contributed by atoms with Crippen molar-refractivity contribution in [2.24, 2.45) is 0 Å². The SMILES string of the molecule is C=CCNc1cc(C(=O)Nc2ccc(OCc3ccccc3)cc2)ncn1. The predicted octanol–water partition coefficient (Wildman–Crippen LogP) is 3.91. The van der Waals surface area contributed by atoms with Crippen LogP contribution in [0.25, 0.3) is 0 Å². The van der Waals surface area contributed by atoms with Gasteiger partial charge in [0.15, 0.2) is 0 Å². The molecule has 27 heavy (non-hydrogen) atoms. The fraction of sp³-hybridized carbons (Fsp3) is 0.0952. The van der Waals surface area contributed by atoms with Crippen LogP contribution in [0.2, 0.25) is 0 Å². The van der Waals surface area contributed by atoms with Gasteiger partial charge in [-0.05, 0) is 29.8 Å². The Morgan fingerprint density at radius 3 is 2.59 bits per heavy atom. The first kappa shape index (κ1) is 18.1. The van der Waals surface area contributed by atoms with Gasteiger partial charge in [-0.2, -0.15) is 0 Å². The summed E-state index contributed by atoms with van der Waals surface area (Å²) in [5, 5.41) is 5.83. The molecule has 3 aromatic rings. The molecule has 6 nitrogen and oxygen atoms in total. The molecule has 1 aromatic heterocycles. The average Bonchev–Trinajstić information content (AvgIpc) is 2.72. The van der Waals surface area contributed by atoms with Gasteiger partial charge in [-0.15, -0.1) is 6.58 Å². The molecule has 0 fully saturated rings. The Labute approximate surface area is 157 Å². The van der Waals surface area contributed by atoms with Crippen LogP contribution in [-0.2, 0) is 6.61 Å². The number of anilines is 2. The highest BCUT2D eigenvalue weighted by molar-refractivity contribution is 6.03. The zero-order valence-electron chi connectivity index (χ0n) is 14.8. The molecule has 0 aliphatic rings. The number of hydrogen-bond donors (Lipinski definition) is 2. The van der Waals surface area contributed by atoms with Crippen molar-refractivity contribution in [1.29, 1.82) is 0 Å². The first-order valence-corrected chi connectivity index (χ1v) is 8.49. The Bertz CT molecular complexity index is 896. The maximum absolute atomic E-state index is 12.4. The van der Waals surface area contributed by atoms with Crippen molar-refractivity contribution in [2.75, 3.05) is 17.2 Å². The van der Waals surface area contributed by atoms with Crippen molar-refractivity contribution in [3.8, 4) is 5.75 Å². The van der Waals surface area contributed by atoms with E-state index in [9.17, 15) is 4.79 Å². The summed E-state index contributed by atoms with van der Waals surface area (Å²) in [5.74, 6) is 0.992. The van der Waals surface area contributed by atoms with Gasteiger partial charge < -0.3 is 15.4 Å². The van der Waals surface area contributed by atoms with Crippen molar-refractivity contribution in [3.63, 3.8) is 0 Å². The molecule has 0 aliphatic heterocycles. The van der Waals surface area contributed by atoms with E-state index in [2.05, 4.69) is 27.2 Å². The van der Waals surface area contributed by atoms with E-state index in [1.165, 1.54) is 6.33 Å². The normalized spacial score (nSPS) is 10.1. The zero-order valence-corrected chi connectivity index (χ0v) is 14.8. The van der Waals surface area contributed by atoms with Gasteiger partial charge in [-0.25, -0.2) is 9.97 Å². The number of hydrogen-bond acceptors (Lipinski definition) is 5. The Kier molecular flexibility index (Phi) is 6.14. The maximum atomic E-state index is 12.4. The van der Waals surface area contributed by atoms with Crippen LogP contribution in [0.3, 0.4) is 0 Å². The predicted molar refractivity (Wildman–Crippen MR) is 106 cm³/mol. The van der Waals surface area contributed by atoms with E-state index in [0.717, 1.165) is 11.3 Å². The van der Waals surface area contributed by atoms with Crippen LogP contribution in [0.5, 0.6) is 5.75 Å². The van der Waals surface area contributed by atoms with Gasteiger partial charge in [0.05, 0.1) is 0 Å². The average molecular weight is 360 g/mol. The smallest absolute Gasteiger partial charge is 0.274 e. The summed E-state index contributed by atoms with van der Waals surface area (Å²) in [7, 11) is 0. The summed E-state index contributed by atoms with van der Waals surface area (Å²) >= 11 is 0. The Morgan fingerprint density at radius 1 is 1.07 bits per heavy atom. The lowest BCUT2D eigenvalue weighted by atomic mass is 10.2. The second kappa shape index (κ2) is 9.15. The first-order chi connectivity index (χ1) is 13.2. The lowest BCUT2D eigenvalue weighted by Crippen LogP contribution is -2.14. The Hall–Kier alpha value is -3.67. The number of nitrogens with zero attached hydrogens (tertiary/aromatic N) is 2. The number of benzene rings is 2. The molecule has 0 saturated heterocycles. The molecule has 0 saturated carbocycles. The fourth-order valence-electron chi connectivity index (χ4n) is 2.33. The summed E-state index contributed by atoms with van der Waals surface area (Å²) in [6.07, 6.45) is 3.06. The third kappa shape index (κ3) is 5.40. The molecular formula is C21H20N4O2. The molecule has 3 rings (SSSR count). The van der Waals surface area contributed by atoms with Gasteiger partial charge in [0, 0.05) is 18.3 Å². The molecule has 0 atom stereocenters. The van der Waals surface area contributed by atoms with Crippen molar-refractivity contribution in [1.82, 2.24) is 9.97 Å². The lowest BCUT2D eigenvalue weighted by molar-refractivity contribution is 0.102. The number of amides is 1. The van der Waals surface area contributed by atoms with Gasteiger partial charge in [-0.3, -0.25) is 4.79 Å². The monoisotopic (exact) mass is 360 g/mol. The molecule has 0 unspecified atom stereocenters. The van der Waals surface area contributed by atoms with E-state index < -0.39 is 0 Å². The van der Waals surface area contributed by atoms with Crippen LogP contribution in [0, 0.1) is 0 Å². The standard InChI is InChI=1S/C21H20N4O2/c1-2-12-22-20-13-19(23-15-24-20)21(26)25-17-8-10-18(11-9-17)27-14-16-6-4-3-5-7-16/h2-11,13,15H,1,12,14H2,(H,25,26)(H,22,23,24). The molecule has 6 heteroatoms. The Morgan fingerprint density at radius 2 is 1.85 bits per heavy atom. The summed E-state index contributed by atoms with van der Waals surface area (Å²) in [4.78, 5) is 20.4. The van der Waals surface area contributed by atoms with Gasteiger partial charge in [0.1, 0.15) is 30.2 Å². The number of aromatic nitrogens is 2. The molecule has 1 amide bonds. The number of nitrogens with one attached hydrogen (secondary N) is 2. The van der Waals surface area contributed by atoms with Crippen LogP contribution in [0.1, 0.15) is 16.1 Å². The van der Waals surface area contributed by atoms with E-state index in [1.54, 1.807) is 24.3 Å². The summed E-state index contributed by atoms with van der Waals surface area (Å²) in [6, 6.07) is 18.7. The van der Waals surface area contributed by atoms with Gasteiger partial charge in [0.25, 0.3) is 5.91 Å². The van der Waals surface area contributed by atoms with Crippen LogP contribution in [-0.4, -0.2) is 22.4 Å². The summed E-state index contributed by atoms with van der Waals surface area (Å²) in [6.45, 7) is 4.68. The number of carbonyl (C=O) groups is 1. The minimum atomic E-state index is -0.308. The highest BCUT2D eigenvalue weighted by atomic mass is 16.5. The second-order valence-electron chi connectivity index (χ2n) is 5.71.